The van der Waals surface area contributed by atoms with Crippen molar-refractivity contribution < 1.29 is 4.79 Å². The zero-order chi connectivity index (χ0) is 13.6. The Kier molecular flexibility index (Phi) is 3.69. The molecule has 0 aromatic heterocycles. The number of carbonyl (C=O) groups excluding carboxylic acids is 1. The second-order valence-electron chi connectivity index (χ2n) is 5.65. The lowest BCUT2D eigenvalue weighted by Gasteiger charge is -2.21. The van der Waals surface area contributed by atoms with Gasteiger partial charge in [-0.3, -0.25) is 9.79 Å². The smallest absolute Gasteiger partial charge is 0.240 e. The van der Waals surface area contributed by atoms with Crippen molar-refractivity contribution in [3.05, 3.63) is 29.3 Å². The molecule has 0 unspecified atom stereocenters. The number of amides is 1. The largest absolute Gasteiger partial charge is 0.273 e. The summed E-state index contributed by atoms with van der Waals surface area (Å²) in [5, 5.41) is 4.15. The van der Waals surface area contributed by atoms with Gasteiger partial charge in [0.25, 0.3) is 0 Å². The van der Waals surface area contributed by atoms with Crippen LogP contribution < -0.4 is 5.43 Å². The molecule has 0 spiro atoms. The monoisotopic (exact) mass is 291 g/mol. The van der Waals surface area contributed by atoms with E-state index in [1.807, 2.05) is 12.1 Å². The normalized spacial score (nSPS) is 19.4. The van der Waals surface area contributed by atoms with Crippen molar-refractivity contribution in [1.82, 2.24) is 5.43 Å². The maximum Gasteiger partial charge on any atom is 0.240 e. The van der Waals surface area contributed by atoms with Crippen molar-refractivity contribution in [3.63, 3.8) is 0 Å². The Morgan fingerprint density at radius 3 is 2.65 bits per heavy atom. The van der Waals surface area contributed by atoms with Crippen molar-refractivity contribution in [2.45, 2.75) is 39.0 Å². The predicted molar refractivity (Wildman–Crippen MR) is 83.4 cm³/mol. The maximum atomic E-state index is 11.1. The third kappa shape index (κ3) is 2.24. The van der Waals surface area contributed by atoms with Crippen LogP contribution >= 0.6 is 12.4 Å². The number of fused-ring (bicyclic) bond motifs is 1. The molecule has 0 atom stereocenters. The third-order valence-corrected chi connectivity index (χ3v) is 4.10. The molecular formula is C15H18ClN3O. The molecule has 0 saturated heterocycles. The highest BCUT2D eigenvalue weighted by Gasteiger charge is 2.32. The first-order valence-corrected chi connectivity index (χ1v) is 6.54. The Balaban J connectivity index is 0.00000147. The van der Waals surface area contributed by atoms with Gasteiger partial charge >= 0.3 is 0 Å². The SMILES string of the molecule is CC1=Nc2ccc(C3=NNC(=O)CC3)cc2C1(C)C.Cl. The van der Waals surface area contributed by atoms with Crippen molar-refractivity contribution in [2.75, 3.05) is 0 Å². The molecule has 106 valence electrons. The number of hydrogen-bond acceptors (Lipinski definition) is 3. The van der Waals surface area contributed by atoms with Gasteiger partial charge in [-0.05, 0) is 30.2 Å². The van der Waals surface area contributed by atoms with Crippen LogP contribution in [0.2, 0.25) is 0 Å². The van der Waals surface area contributed by atoms with E-state index in [4.69, 9.17) is 0 Å². The molecule has 3 rings (SSSR count). The molecule has 0 bridgehead atoms. The number of nitrogens with zero attached hydrogens (tertiary/aromatic N) is 2. The van der Waals surface area contributed by atoms with Gasteiger partial charge in [-0.15, -0.1) is 12.4 Å². The van der Waals surface area contributed by atoms with Gasteiger partial charge in [0.2, 0.25) is 5.91 Å². The third-order valence-electron chi connectivity index (χ3n) is 4.10. The van der Waals surface area contributed by atoms with E-state index in [9.17, 15) is 4.79 Å². The van der Waals surface area contributed by atoms with Crippen LogP contribution in [0.5, 0.6) is 0 Å². The molecule has 5 heteroatoms. The van der Waals surface area contributed by atoms with Crippen molar-refractivity contribution in [2.24, 2.45) is 10.1 Å². The van der Waals surface area contributed by atoms with E-state index in [1.54, 1.807) is 0 Å². The minimum absolute atomic E-state index is 0. The standard InChI is InChI=1S/C15H17N3O.ClH/c1-9-15(2,3)11-8-10(4-5-13(11)16-9)12-6-7-14(19)18-17-12;/h4-5,8H,6-7H2,1-3H3,(H,18,19);1H. The van der Waals surface area contributed by atoms with Gasteiger partial charge in [0.05, 0.1) is 11.4 Å². The van der Waals surface area contributed by atoms with Crippen molar-refractivity contribution in [1.29, 1.82) is 0 Å². The van der Waals surface area contributed by atoms with Gasteiger partial charge in [-0.25, -0.2) is 5.43 Å². The summed E-state index contributed by atoms with van der Waals surface area (Å²) in [5.74, 6) is -0.00980. The number of rotatable bonds is 1. The first kappa shape index (κ1) is 14.7. The van der Waals surface area contributed by atoms with Crippen molar-refractivity contribution >= 4 is 35.4 Å². The van der Waals surface area contributed by atoms with Crippen LogP contribution in [0.1, 0.15) is 44.7 Å². The average Bonchev–Trinajstić information content (AvgIpc) is 2.61. The Hall–Kier alpha value is -1.68. The van der Waals surface area contributed by atoms with E-state index in [2.05, 4.69) is 42.4 Å². The summed E-state index contributed by atoms with van der Waals surface area (Å²) in [4.78, 5) is 15.7. The Morgan fingerprint density at radius 1 is 1.25 bits per heavy atom. The number of benzene rings is 1. The minimum atomic E-state index is -0.0240. The molecule has 1 amide bonds. The minimum Gasteiger partial charge on any atom is -0.273 e. The second-order valence-corrected chi connectivity index (χ2v) is 5.65. The summed E-state index contributed by atoms with van der Waals surface area (Å²) in [6.07, 6.45) is 1.21. The zero-order valence-corrected chi connectivity index (χ0v) is 12.7. The number of hydrogen-bond donors (Lipinski definition) is 1. The van der Waals surface area contributed by atoms with Gasteiger partial charge in [-0.2, -0.15) is 5.10 Å². The summed E-state index contributed by atoms with van der Waals surface area (Å²) in [6, 6.07) is 6.24. The maximum absolute atomic E-state index is 11.1. The molecule has 4 nitrogen and oxygen atoms in total. The topological polar surface area (TPSA) is 53.8 Å². The van der Waals surface area contributed by atoms with Gasteiger partial charge in [0.15, 0.2) is 0 Å². The molecule has 2 aliphatic heterocycles. The highest BCUT2D eigenvalue weighted by Crippen LogP contribution is 2.40. The lowest BCUT2D eigenvalue weighted by atomic mass is 9.81. The zero-order valence-electron chi connectivity index (χ0n) is 11.9. The molecule has 0 aliphatic carbocycles. The van der Waals surface area contributed by atoms with Crippen LogP contribution in [0.4, 0.5) is 5.69 Å². The van der Waals surface area contributed by atoms with E-state index < -0.39 is 0 Å². The Labute approximate surface area is 124 Å². The molecule has 1 N–H and O–H groups in total. The molecule has 0 saturated carbocycles. The quantitative estimate of drug-likeness (QED) is 0.849. The molecular weight excluding hydrogens is 274 g/mol. The average molecular weight is 292 g/mol. The van der Waals surface area contributed by atoms with E-state index in [0.29, 0.717) is 12.8 Å². The Morgan fingerprint density at radius 2 is 2.00 bits per heavy atom. The van der Waals surface area contributed by atoms with E-state index in [1.165, 1.54) is 5.56 Å². The summed E-state index contributed by atoms with van der Waals surface area (Å²) in [5.41, 5.74) is 7.97. The van der Waals surface area contributed by atoms with Crippen LogP contribution in [-0.4, -0.2) is 17.3 Å². The number of hydrazone groups is 1. The molecule has 0 radical (unpaired) electrons. The first-order valence-electron chi connectivity index (χ1n) is 6.54. The van der Waals surface area contributed by atoms with Crippen LogP contribution in [0.25, 0.3) is 0 Å². The molecule has 2 heterocycles. The van der Waals surface area contributed by atoms with Gasteiger partial charge < -0.3 is 0 Å². The first-order chi connectivity index (χ1) is 8.98. The lowest BCUT2D eigenvalue weighted by molar-refractivity contribution is -0.121. The van der Waals surface area contributed by atoms with E-state index in [0.717, 1.165) is 22.7 Å². The van der Waals surface area contributed by atoms with E-state index in [-0.39, 0.29) is 23.7 Å². The van der Waals surface area contributed by atoms with Gasteiger partial charge in [0.1, 0.15) is 0 Å². The summed E-state index contributed by atoms with van der Waals surface area (Å²) in [6.45, 7) is 6.44. The van der Waals surface area contributed by atoms with Crippen LogP contribution in [0.15, 0.2) is 28.3 Å². The summed E-state index contributed by atoms with van der Waals surface area (Å²) in [7, 11) is 0. The highest BCUT2D eigenvalue weighted by molar-refractivity contribution is 6.06. The summed E-state index contributed by atoms with van der Waals surface area (Å²) < 4.78 is 0. The fourth-order valence-electron chi connectivity index (χ4n) is 2.51. The van der Waals surface area contributed by atoms with Crippen LogP contribution in [0.3, 0.4) is 0 Å². The van der Waals surface area contributed by atoms with Crippen LogP contribution in [0, 0.1) is 0 Å². The fourth-order valence-corrected chi connectivity index (χ4v) is 2.51. The molecule has 2 aliphatic rings. The lowest BCUT2D eigenvalue weighted by Crippen LogP contribution is -2.26. The van der Waals surface area contributed by atoms with E-state index >= 15 is 0 Å². The number of aliphatic imine (C=N–C) groups is 1. The highest BCUT2D eigenvalue weighted by atomic mass is 35.5. The number of carbonyl (C=O) groups is 1. The summed E-state index contributed by atoms with van der Waals surface area (Å²) >= 11 is 0. The molecule has 20 heavy (non-hydrogen) atoms. The number of halogens is 1. The van der Waals surface area contributed by atoms with Gasteiger partial charge in [0, 0.05) is 24.0 Å². The second kappa shape index (κ2) is 5.02. The van der Waals surface area contributed by atoms with Gasteiger partial charge in [-0.1, -0.05) is 19.9 Å². The van der Waals surface area contributed by atoms with Crippen molar-refractivity contribution in [3.8, 4) is 0 Å². The molecule has 1 aromatic carbocycles. The molecule has 0 fully saturated rings. The predicted octanol–water partition coefficient (Wildman–Crippen LogP) is 3.11. The Bertz CT molecular complexity index is 632. The number of nitrogens with one attached hydrogen (secondary N) is 1. The molecule has 1 aromatic rings. The van der Waals surface area contributed by atoms with Crippen LogP contribution in [-0.2, 0) is 10.2 Å². The fraction of sp³-hybridized carbons (Fsp3) is 0.400.